The Labute approximate surface area is 101 Å². The zero-order chi connectivity index (χ0) is 13.9. The predicted molar refractivity (Wildman–Crippen MR) is 56.7 cm³/mol. The lowest BCUT2D eigenvalue weighted by atomic mass is 10.1. The van der Waals surface area contributed by atoms with Crippen molar-refractivity contribution in [3.63, 3.8) is 0 Å². The van der Waals surface area contributed by atoms with Crippen LogP contribution < -0.4 is 10.5 Å². The summed E-state index contributed by atoms with van der Waals surface area (Å²) in [5.41, 5.74) is 3.96. The highest BCUT2D eigenvalue weighted by Gasteiger charge is 2.35. The number of hydrogen-bond donors (Lipinski definition) is 2. The van der Waals surface area contributed by atoms with Crippen molar-refractivity contribution in [3.8, 4) is 5.75 Å². The third kappa shape index (κ3) is 3.36. The molecule has 0 aliphatic heterocycles. The first kappa shape index (κ1) is 14.3. The Morgan fingerprint density at radius 3 is 2.56 bits per heavy atom. The molecule has 1 aromatic carbocycles. The minimum Gasteiger partial charge on any atom is -0.480 e. The number of carbonyl (C=O) groups excluding carboxylic acids is 1. The van der Waals surface area contributed by atoms with E-state index in [1.165, 1.54) is 13.0 Å². The second-order valence-electron chi connectivity index (χ2n) is 3.65. The Morgan fingerprint density at radius 2 is 2.11 bits per heavy atom. The average molecular weight is 263 g/mol. The van der Waals surface area contributed by atoms with E-state index in [4.69, 9.17) is 15.6 Å². The molecule has 1 amide bonds. The van der Waals surface area contributed by atoms with Gasteiger partial charge in [0.2, 0.25) is 0 Å². The summed E-state index contributed by atoms with van der Waals surface area (Å²) in [6.07, 6.45) is -5.82. The van der Waals surface area contributed by atoms with Crippen LogP contribution >= 0.6 is 0 Å². The summed E-state index contributed by atoms with van der Waals surface area (Å²) in [4.78, 5) is 10.8. The van der Waals surface area contributed by atoms with Gasteiger partial charge in [-0.3, -0.25) is 4.79 Å². The van der Waals surface area contributed by atoms with Gasteiger partial charge >= 0.3 is 6.18 Å². The topological polar surface area (TPSA) is 72.6 Å². The Kier molecular flexibility index (Phi) is 4.18. The van der Waals surface area contributed by atoms with E-state index in [1.807, 2.05) is 0 Å². The number of rotatable bonds is 4. The van der Waals surface area contributed by atoms with E-state index in [0.717, 1.165) is 12.1 Å². The number of alkyl halides is 3. The maximum atomic E-state index is 12.7. The molecule has 0 saturated heterocycles. The average Bonchev–Trinajstić information content (AvgIpc) is 2.27. The normalized spacial score (nSPS) is 13.2. The lowest BCUT2D eigenvalue weighted by Crippen LogP contribution is -2.31. The van der Waals surface area contributed by atoms with Gasteiger partial charge in [-0.05, 0) is 24.6 Å². The standard InChI is InChI=1S/C11H12F3NO3/c1-6(10(15)17)18-9-3-2-7(5-16)4-8(9)11(12,13)14/h2-4,6,16H,5H2,1H3,(H2,15,17). The molecule has 0 radical (unpaired) electrons. The highest BCUT2D eigenvalue weighted by Crippen LogP contribution is 2.37. The van der Waals surface area contributed by atoms with Crippen molar-refractivity contribution in [3.05, 3.63) is 29.3 Å². The lowest BCUT2D eigenvalue weighted by molar-refractivity contribution is -0.140. The van der Waals surface area contributed by atoms with Gasteiger partial charge in [0.05, 0.1) is 12.2 Å². The molecular formula is C11H12F3NO3. The highest BCUT2D eigenvalue weighted by atomic mass is 19.4. The van der Waals surface area contributed by atoms with Crippen molar-refractivity contribution in [2.75, 3.05) is 0 Å². The minimum absolute atomic E-state index is 0.0985. The molecule has 1 atom stereocenters. The molecule has 0 spiro atoms. The van der Waals surface area contributed by atoms with Crippen LogP contribution in [0.2, 0.25) is 0 Å². The number of aliphatic hydroxyl groups excluding tert-OH is 1. The van der Waals surface area contributed by atoms with Crippen LogP contribution in [0.1, 0.15) is 18.1 Å². The van der Waals surface area contributed by atoms with Crippen LogP contribution in [0.15, 0.2) is 18.2 Å². The largest absolute Gasteiger partial charge is 0.480 e. The molecule has 100 valence electrons. The molecule has 1 unspecified atom stereocenters. The fourth-order valence-corrected chi connectivity index (χ4v) is 1.25. The molecule has 0 aliphatic carbocycles. The Hall–Kier alpha value is -1.76. The molecule has 0 heterocycles. The predicted octanol–water partition coefficient (Wildman–Crippen LogP) is 1.45. The highest BCUT2D eigenvalue weighted by molar-refractivity contribution is 5.78. The van der Waals surface area contributed by atoms with Crippen molar-refractivity contribution >= 4 is 5.91 Å². The smallest absolute Gasteiger partial charge is 0.419 e. The van der Waals surface area contributed by atoms with Crippen LogP contribution in [0.4, 0.5) is 13.2 Å². The van der Waals surface area contributed by atoms with Crippen LogP contribution in [-0.4, -0.2) is 17.1 Å². The number of amides is 1. The molecule has 1 rings (SSSR count). The molecule has 0 aliphatic rings. The SMILES string of the molecule is CC(Oc1ccc(CO)cc1C(F)(F)F)C(N)=O. The van der Waals surface area contributed by atoms with Gasteiger partial charge in [-0.2, -0.15) is 13.2 Å². The summed E-state index contributed by atoms with van der Waals surface area (Å²) in [5.74, 6) is -1.36. The van der Waals surface area contributed by atoms with Gasteiger partial charge in [-0.25, -0.2) is 0 Å². The summed E-state index contributed by atoms with van der Waals surface area (Å²) in [6, 6.07) is 3.09. The van der Waals surface area contributed by atoms with Crippen molar-refractivity contribution in [2.45, 2.75) is 25.8 Å². The number of ether oxygens (including phenoxy) is 1. The van der Waals surface area contributed by atoms with E-state index in [-0.39, 0.29) is 5.56 Å². The zero-order valence-corrected chi connectivity index (χ0v) is 9.49. The van der Waals surface area contributed by atoms with Gasteiger partial charge < -0.3 is 15.6 Å². The maximum absolute atomic E-state index is 12.7. The van der Waals surface area contributed by atoms with Crippen molar-refractivity contribution in [1.82, 2.24) is 0 Å². The number of hydrogen-bond acceptors (Lipinski definition) is 3. The Morgan fingerprint density at radius 1 is 1.50 bits per heavy atom. The molecular weight excluding hydrogens is 251 g/mol. The lowest BCUT2D eigenvalue weighted by Gasteiger charge is -2.17. The number of aliphatic hydroxyl groups is 1. The molecule has 0 bridgehead atoms. The Balaban J connectivity index is 3.14. The van der Waals surface area contributed by atoms with E-state index in [9.17, 15) is 18.0 Å². The van der Waals surface area contributed by atoms with Gasteiger partial charge in [-0.15, -0.1) is 0 Å². The van der Waals surface area contributed by atoms with E-state index in [1.54, 1.807) is 0 Å². The van der Waals surface area contributed by atoms with Crippen LogP contribution in [0.25, 0.3) is 0 Å². The second-order valence-corrected chi connectivity index (χ2v) is 3.65. The quantitative estimate of drug-likeness (QED) is 0.863. The first-order chi connectivity index (χ1) is 8.25. The summed E-state index contributed by atoms with van der Waals surface area (Å²) in [5, 5.41) is 8.81. The van der Waals surface area contributed by atoms with Crippen molar-refractivity contribution in [2.24, 2.45) is 5.73 Å². The molecule has 0 aromatic heterocycles. The summed E-state index contributed by atoms with van der Waals surface area (Å²) in [7, 11) is 0. The number of benzene rings is 1. The molecule has 1 aromatic rings. The second kappa shape index (κ2) is 5.26. The number of carbonyl (C=O) groups is 1. The van der Waals surface area contributed by atoms with Gasteiger partial charge in [0.15, 0.2) is 6.10 Å². The van der Waals surface area contributed by atoms with E-state index < -0.39 is 36.1 Å². The fourth-order valence-electron chi connectivity index (χ4n) is 1.25. The third-order valence-electron chi connectivity index (χ3n) is 2.24. The summed E-state index contributed by atoms with van der Waals surface area (Å²) >= 11 is 0. The fraction of sp³-hybridized carbons (Fsp3) is 0.364. The number of nitrogens with two attached hydrogens (primary N) is 1. The van der Waals surface area contributed by atoms with Crippen molar-refractivity contribution < 1.29 is 27.8 Å². The van der Waals surface area contributed by atoms with E-state index in [0.29, 0.717) is 0 Å². The molecule has 0 fully saturated rings. The van der Waals surface area contributed by atoms with Gasteiger partial charge in [-0.1, -0.05) is 6.07 Å². The summed E-state index contributed by atoms with van der Waals surface area (Å²) < 4.78 is 43.1. The van der Waals surface area contributed by atoms with Crippen LogP contribution in [0.3, 0.4) is 0 Å². The molecule has 0 saturated carbocycles. The van der Waals surface area contributed by atoms with Crippen LogP contribution in [0.5, 0.6) is 5.75 Å². The first-order valence-corrected chi connectivity index (χ1v) is 5.02. The number of primary amides is 1. The van der Waals surface area contributed by atoms with Crippen LogP contribution in [0, 0.1) is 0 Å². The molecule has 3 N–H and O–H groups in total. The van der Waals surface area contributed by atoms with E-state index >= 15 is 0 Å². The maximum Gasteiger partial charge on any atom is 0.419 e. The van der Waals surface area contributed by atoms with Gasteiger partial charge in [0, 0.05) is 0 Å². The zero-order valence-electron chi connectivity index (χ0n) is 9.49. The first-order valence-electron chi connectivity index (χ1n) is 5.02. The number of halogens is 3. The molecule has 18 heavy (non-hydrogen) atoms. The summed E-state index contributed by atoms with van der Waals surface area (Å²) in [6.45, 7) is 0.733. The Bertz CT molecular complexity index is 446. The molecule has 4 nitrogen and oxygen atoms in total. The van der Waals surface area contributed by atoms with Gasteiger partial charge in [0.25, 0.3) is 5.91 Å². The van der Waals surface area contributed by atoms with Crippen molar-refractivity contribution in [1.29, 1.82) is 0 Å². The van der Waals surface area contributed by atoms with Gasteiger partial charge in [0.1, 0.15) is 5.75 Å². The van der Waals surface area contributed by atoms with Crippen LogP contribution in [-0.2, 0) is 17.6 Å². The third-order valence-corrected chi connectivity index (χ3v) is 2.24. The minimum atomic E-state index is -4.64. The molecule has 7 heteroatoms. The van der Waals surface area contributed by atoms with E-state index in [2.05, 4.69) is 0 Å². The monoisotopic (exact) mass is 263 g/mol.